The van der Waals surface area contributed by atoms with Gasteiger partial charge in [-0.15, -0.1) is 0 Å². The first kappa shape index (κ1) is 41.3. The summed E-state index contributed by atoms with van der Waals surface area (Å²) in [6.45, 7) is 12.6. The number of esters is 1. The summed E-state index contributed by atoms with van der Waals surface area (Å²) in [5.74, 6) is -1.58. The Kier molecular flexibility index (Phi) is 24.6. The summed E-state index contributed by atoms with van der Waals surface area (Å²) in [5.41, 5.74) is -0.225. The normalized spacial score (nSPS) is 11.4. The van der Waals surface area contributed by atoms with E-state index in [1.54, 1.807) is 37.4 Å². The molecular formula is C32H53NO13. The van der Waals surface area contributed by atoms with Crippen LogP contribution in [-0.4, -0.2) is 154 Å². The van der Waals surface area contributed by atoms with Crippen LogP contribution in [0.4, 0.5) is 4.79 Å². The van der Waals surface area contributed by atoms with Crippen molar-refractivity contribution < 1.29 is 61.8 Å². The van der Waals surface area contributed by atoms with E-state index in [0.29, 0.717) is 111 Å². The molecule has 0 aliphatic carbocycles. The number of amides is 1. The molecular weight excluding hydrogens is 606 g/mol. The van der Waals surface area contributed by atoms with Crippen LogP contribution in [0.15, 0.2) is 30.3 Å². The smallest absolute Gasteiger partial charge is 0.410 e. The first-order chi connectivity index (χ1) is 22.2. The molecule has 0 spiro atoms. The quantitative estimate of drug-likeness (QED) is 0.0537. The highest BCUT2D eigenvalue weighted by molar-refractivity contribution is 6.40. The zero-order valence-electron chi connectivity index (χ0n) is 27.9. The Morgan fingerprint density at radius 3 is 1.26 bits per heavy atom. The second-order valence-electron chi connectivity index (χ2n) is 10.6. The Morgan fingerprint density at radius 2 is 0.891 bits per heavy atom. The molecule has 0 radical (unpaired) electrons. The third-order valence-corrected chi connectivity index (χ3v) is 5.56. The number of carbonyl (C=O) groups is 3. The summed E-state index contributed by atoms with van der Waals surface area (Å²) in [7, 11) is 1.67. The van der Waals surface area contributed by atoms with Crippen molar-refractivity contribution in [3.05, 3.63) is 35.9 Å². The summed E-state index contributed by atoms with van der Waals surface area (Å²) < 4.78 is 53.6. The van der Waals surface area contributed by atoms with Crippen LogP contribution >= 0.6 is 0 Å². The number of hydrogen-bond acceptors (Lipinski definition) is 13. The van der Waals surface area contributed by atoms with Gasteiger partial charge in [0, 0.05) is 19.2 Å². The van der Waals surface area contributed by atoms with Gasteiger partial charge in [-0.25, -0.2) is 9.59 Å². The summed E-state index contributed by atoms with van der Waals surface area (Å²) >= 11 is 0. The highest BCUT2D eigenvalue weighted by Crippen LogP contribution is 2.08. The number of Topliss-reactive ketones (excluding diaryl/α,β-unsaturated/α-hetero) is 1. The fraction of sp³-hybridized carbons (Fsp3) is 0.719. The lowest BCUT2D eigenvalue weighted by Crippen LogP contribution is -2.36. The van der Waals surface area contributed by atoms with Gasteiger partial charge in [0.15, 0.2) is 0 Å². The summed E-state index contributed by atoms with van der Waals surface area (Å²) in [6.07, 6.45) is -0.373. The number of nitrogens with zero attached hydrogens (tertiary/aromatic N) is 1. The molecule has 0 N–H and O–H groups in total. The molecule has 1 aromatic carbocycles. The van der Waals surface area contributed by atoms with E-state index in [9.17, 15) is 14.4 Å². The molecule has 0 aliphatic heterocycles. The molecule has 264 valence electrons. The standard InChI is InChI=1S/C32H53NO13/c1-32(2,3)46-31(36)33(4)10-11-37-12-13-38-14-15-39-16-17-40-18-19-41-20-21-42-22-23-43-24-25-44-26-27-45-30(35)29(34)28-8-6-5-7-9-28/h5-9H,10-27H2,1-4H3. The molecule has 46 heavy (non-hydrogen) atoms. The molecule has 1 aromatic rings. The van der Waals surface area contributed by atoms with E-state index in [0.717, 1.165) is 0 Å². The molecule has 0 unspecified atom stereocenters. The van der Waals surface area contributed by atoms with E-state index in [2.05, 4.69) is 0 Å². The lowest BCUT2D eigenvalue weighted by molar-refractivity contribution is -0.139. The van der Waals surface area contributed by atoms with Crippen molar-refractivity contribution in [3.63, 3.8) is 0 Å². The molecule has 0 saturated heterocycles. The van der Waals surface area contributed by atoms with Crippen molar-refractivity contribution in [3.8, 4) is 0 Å². The fourth-order valence-electron chi connectivity index (χ4n) is 3.24. The Balaban J connectivity index is 1.72. The predicted molar refractivity (Wildman–Crippen MR) is 167 cm³/mol. The van der Waals surface area contributed by atoms with E-state index in [4.69, 9.17) is 47.4 Å². The molecule has 14 nitrogen and oxygen atoms in total. The van der Waals surface area contributed by atoms with E-state index in [-0.39, 0.29) is 19.3 Å². The molecule has 0 fully saturated rings. The Bertz CT molecular complexity index is 911. The Labute approximate surface area is 272 Å². The van der Waals surface area contributed by atoms with Crippen LogP contribution in [0, 0.1) is 0 Å². The first-order valence-electron chi connectivity index (χ1n) is 15.5. The maximum absolute atomic E-state index is 11.9. The largest absolute Gasteiger partial charge is 0.457 e. The maximum Gasteiger partial charge on any atom is 0.410 e. The lowest BCUT2D eigenvalue weighted by Gasteiger charge is -2.24. The van der Waals surface area contributed by atoms with Crippen molar-refractivity contribution in [1.29, 1.82) is 0 Å². The predicted octanol–water partition coefficient (Wildman–Crippen LogP) is 2.41. The summed E-state index contributed by atoms with van der Waals surface area (Å²) in [4.78, 5) is 36.9. The Morgan fingerprint density at radius 1 is 0.543 bits per heavy atom. The SMILES string of the molecule is CN(CCOCCOCCOCCOCCOCCOCCOCCOCCOC(=O)C(=O)c1ccccc1)C(=O)OC(C)(C)C. The minimum absolute atomic E-state index is 0.00651. The van der Waals surface area contributed by atoms with Crippen molar-refractivity contribution >= 4 is 17.8 Å². The number of benzene rings is 1. The third-order valence-electron chi connectivity index (χ3n) is 5.56. The number of ketones is 1. The molecule has 0 heterocycles. The highest BCUT2D eigenvalue weighted by Gasteiger charge is 2.19. The molecule has 0 atom stereocenters. The molecule has 14 heteroatoms. The molecule has 0 aliphatic rings. The number of rotatable bonds is 29. The topological polar surface area (TPSA) is 147 Å². The van der Waals surface area contributed by atoms with Crippen LogP contribution < -0.4 is 0 Å². The van der Waals surface area contributed by atoms with Gasteiger partial charge in [-0.3, -0.25) is 4.79 Å². The minimum atomic E-state index is -0.901. The number of carbonyl (C=O) groups excluding carboxylic acids is 3. The first-order valence-corrected chi connectivity index (χ1v) is 15.5. The molecule has 0 aromatic heterocycles. The monoisotopic (exact) mass is 659 g/mol. The van der Waals surface area contributed by atoms with Crippen molar-refractivity contribution in [1.82, 2.24) is 4.90 Å². The van der Waals surface area contributed by atoms with Crippen molar-refractivity contribution in [2.75, 3.05) is 126 Å². The summed E-state index contributed by atoms with van der Waals surface area (Å²) in [5, 5.41) is 0. The van der Waals surface area contributed by atoms with Crippen LogP contribution in [0.2, 0.25) is 0 Å². The van der Waals surface area contributed by atoms with Gasteiger partial charge in [-0.1, -0.05) is 30.3 Å². The second-order valence-corrected chi connectivity index (χ2v) is 10.6. The van der Waals surface area contributed by atoms with E-state index < -0.39 is 17.4 Å². The maximum atomic E-state index is 11.9. The number of hydrogen-bond donors (Lipinski definition) is 0. The van der Waals surface area contributed by atoms with E-state index in [1.165, 1.54) is 4.90 Å². The van der Waals surface area contributed by atoms with Gasteiger partial charge >= 0.3 is 12.1 Å². The van der Waals surface area contributed by atoms with Gasteiger partial charge in [0.25, 0.3) is 5.78 Å². The molecule has 0 bridgehead atoms. The Hall–Kier alpha value is -2.69. The van der Waals surface area contributed by atoms with Gasteiger partial charge in [0.05, 0.1) is 106 Å². The zero-order valence-corrected chi connectivity index (χ0v) is 27.9. The molecule has 1 amide bonds. The van der Waals surface area contributed by atoms with E-state index >= 15 is 0 Å². The number of likely N-dealkylation sites (N-methyl/N-ethyl adjacent to an activating group) is 1. The molecule has 0 saturated carbocycles. The van der Waals surface area contributed by atoms with Gasteiger partial charge in [-0.2, -0.15) is 0 Å². The van der Waals surface area contributed by atoms with Crippen molar-refractivity contribution in [2.45, 2.75) is 26.4 Å². The van der Waals surface area contributed by atoms with E-state index in [1.807, 2.05) is 20.8 Å². The number of ether oxygens (including phenoxy) is 10. The van der Waals surface area contributed by atoms with Crippen LogP contribution in [-0.2, 0) is 52.2 Å². The van der Waals surface area contributed by atoms with Crippen molar-refractivity contribution in [2.24, 2.45) is 0 Å². The zero-order chi connectivity index (χ0) is 33.7. The fourth-order valence-corrected chi connectivity index (χ4v) is 3.24. The van der Waals surface area contributed by atoms with Gasteiger partial charge in [-0.05, 0) is 20.8 Å². The molecule has 1 rings (SSSR count). The van der Waals surface area contributed by atoms with Gasteiger partial charge in [0.1, 0.15) is 12.2 Å². The van der Waals surface area contributed by atoms with Crippen LogP contribution in [0.1, 0.15) is 31.1 Å². The van der Waals surface area contributed by atoms with Crippen LogP contribution in [0.25, 0.3) is 0 Å². The average molecular weight is 660 g/mol. The van der Waals surface area contributed by atoms with Gasteiger partial charge < -0.3 is 52.3 Å². The van der Waals surface area contributed by atoms with Crippen LogP contribution in [0.5, 0.6) is 0 Å². The lowest BCUT2D eigenvalue weighted by atomic mass is 10.1. The second kappa shape index (κ2) is 27.4. The van der Waals surface area contributed by atoms with Crippen LogP contribution in [0.3, 0.4) is 0 Å². The highest BCUT2D eigenvalue weighted by atomic mass is 16.6. The summed E-state index contributed by atoms with van der Waals surface area (Å²) in [6, 6.07) is 8.24. The average Bonchev–Trinajstić information content (AvgIpc) is 3.03. The third kappa shape index (κ3) is 24.5. The van der Waals surface area contributed by atoms with Gasteiger partial charge in [0.2, 0.25) is 0 Å². The minimum Gasteiger partial charge on any atom is -0.457 e.